The molecule has 0 bridgehead atoms. The van der Waals surface area contributed by atoms with Crippen molar-refractivity contribution in [3.8, 4) is 11.5 Å². The van der Waals surface area contributed by atoms with E-state index in [0.29, 0.717) is 11.3 Å². The molecule has 2 heterocycles. The number of benzene rings is 1. The van der Waals surface area contributed by atoms with Crippen LogP contribution in [0.4, 0.5) is 4.79 Å². The van der Waals surface area contributed by atoms with Gasteiger partial charge in [-0.05, 0) is 90.7 Å². The number of methoxy groups -OCH3 is 2. The maximum atomic E-state index is 12.2. The monoisotopic (exact) mass is 503 g/mol. The highest BCUT2D eigenvalue weighted by Gasteiger charge is 2.51. The number of amides is 2. The third kappa shape index (κ3) is 5.50. The molecule has 2 amide bonds. The fourth-order valence-electron chi connectivity index (χ4n) is 5.56. The number of carbonyl (C=O) groups is 1. The fourth-order valence-corrected chi connectivity index (χ4v) is 7.08. The van der Waals surface area contributed by atoms with Gasteiger partial charge in [0.25, 0.3) is 0 Å². The summed E-state index contributed by atoms with van der Waals surface area (Å²) >= 11 is 3.36. The quantitative estimate of drug-likeness (QED) is 0.327. The molecule has 4 rings (SSSR count). The van der Waals surface area contributed by atoms with Crippen LogP contribution in [0.3, 0.4) is 0 Å². The number of carbonyl (C=O) groups excluding carboxylic acids is 1. The van der Waals surface area contributed by atoms with Crippen molar-refractivity contribution in [3.63, 3.8) is 0 Å². The average molecular weight is 504 g/mol. The lowest BCUT2D eigenvalue weighted by Gasteiger charge is -2.45. The third-order valence-electron chi connectivity index (χ3n) is 7.38. The topological polar surface area (TPSA) is 62.8 Å². The number of likely N-dealkylation sites (tertiary alicyclic amines) is 1. The molecule has 1 saturated heterocycles. The fraction of sp³-hybridized carbons (Fsp3) is 0.577. The van der Waals surface area contributed by atoms with Crippen LogP contribution in [0.25, 0.3) is 0 Å². The standard InChI is InChI=1S/C26H37N3O3S2/c1-4-5-12-27-25(30)28-34-21-8-10-26(20-6-7-22(31-2)23(15-20)32-3)11-13-29(24(26)16-21)17-19-9-14-33-18-19/h6-7,9,14-15,18,21,24H,4-5,8,10-13,16-17H2,1-3H3,(H2,27,28,30). The number of unbranched alkanes of at least 4 members (excludes halogenated alkanes) is 1. The number of hydrogen-bond acceptors (Lipinski definition) is 6. The molecule has 34 heavy (non-hydrogen) atoms. The van der Waals surface area contributed by atoms with Gasteiger partial charge < -0.3 is 14.8 Å². The molecule has 3 atom stereocenters. The van der Waals surface area contributed by atoms with Crippen LogP contribution in [-0.4, -0.2) is 49.5 Å². The molecule has 2 aliphatic rings. The smallest absolute Gasteiger partial charge is 0.324 e. The van der Waals surface area contributed by atoms with Crippen LogP contribution in [0.15, 0.2) is 35.0 Å². The van der Waals surface area contributed by atoms with Crippen molar-refractivity contribution in [1.82, 2.24) is 14.9 Å². The van der Waals surface area contributed by atoms with Crippen LogP contribution in [0.2, 0.25) is 0 Å². The van der Waals surface area contributed by atoms with E-state index in [0.717, 1.165) is 69.7 Å². The van der Waals surface area contributed by atoms with E-state index in [2.05, 4.69) is 50.8 Å². The zero-order chi connectivity index (χ0) is 24.0. The number of thiophene rings is 1. The van der Waals surface area contributed by atoms with Crippen LogP contribution in [-0.2, 0) is 12.0 Å². The number of nitrogens with one attached hydrogen (secondary N) is 2. The summed E-state index contributed by atoms with van der Waals surface area (Å²) in [6.07, 6.45) is 6.46. The summed E-state index contributed by atoms with van der Waals surface area (Å²) in [6, 6.07) is 9.05. The summed E-state index contributed by atoms with van der Waals surface area (Å²) in [4.78, 5) is 14.9. The van der Waals surface area contributed by atoms with Gasteiger partial charge in [-0.1, -0.05) is 19.4 Å². The molecule has 2 fully saturated rings. The lowest BCUT2D eigenvalue weighted by atomic mass is 9.66. The van der Waals surface area contributed by atoms with Crippen LogP contribution in [0.5, 0.6) is 11.5 Å². The van der Waals surface area contributed by atoms with Gasteiger partial charge in [0.05, 0.1) is 14.2 Å². The summed E-state index contributed by atoms with van der Waals surface area (Å²) in [5.74, 6) is 1.57. The molecule has 0 radical (unpaired) electrons. The van der Waals surface area contributed by atoms with Gasteiger partial charge in [0.15, 0.2) is 11.5 Å². The Balaban J connectivity index is 1.52. The highest BCUT2D eigenvalue weighted by Crippen LogP contribution is 2.52. The van der Waals surface area contributed by atoms with Gasteiger partial charge in [0.2, 0.25) is 0 Å². The largest absolute Gasteiger partial charge is 0.493 e. The Hall–Kier alpha value is -1.90. The number of hydrogen-bond donors (Lipinski definition) is 2. The Kier molecular flexibility index (Phi) is 8.66. The van der Waals surface area contributed by atoms with Gasteiger partial charge in [-0.15, -0.1) is 0 Å². The van der Waals surface area contributed by atoms with E-state index in [9.17, 15) is 4.79 Å². The number of ether oxygens (including phenoxy) is 2. The van der Waals surface area contributed by atoms with Crippen LogP contribution in [0, 0.1) is 0 Å². The van der Waals surface area contributed by atoms with Crippen molar-refractivity contribution < 1.29 is 14.3 Å². The number of rotatable bonds is 10. The summed E-state index contributed by atoms with van der Waals surface area (Å²) < 4.78 is 14.2. The normalized spacial score (nSPS) is 24.4. The van der Waals surface area contributed by atoms with Crippen molar-refractivity contribution in [2.45, 2.75) is 68.7 Å². The van der Waals surface area contributed by atoms with Crippen molar-refractivity contribution in [1.29, 1.82) is 0 Å². The second kappa shape index (κ2) is 11.7. The highest BCUT2D eigenvalue weighted by molar-refractivity contribution is 7.98. The second-order valence-electron chi connectivity index (χ2n) is 9.32. The Labute approximate surface area is 211 Å². The predicted octanol–water partition coefficient (Wildman–Crippen LogP) is 5.58. The van der Waals surface area contributed by atoms with Crippen LogP contribution in [0.1, 0.15) is 56.6 Å². The molecule has 1 aromatic heterocycles. The molecule has 1 saturated carbocycles. The van der Waals surface area contributed by atoms with Crippen molar-refractivity contribution in [3.05, 3.63) is 46.2 Å². The van der Waals surface area contributed by atoms with Gasteiger partial charge in [-0.2, -0.15) is 11.3 Å². The number of urea groups is 1. The van der Waals surface area contributed by atoms with Gasteiger partial charge >= 0.3 is 6.03 Å². The predicted molar refractivity (Wildman–Crippen MR) is 141 cm³/mol. The van der Waals surface area contributed by atoms with E-state index in [-0.39, 0.29) is 11.4 Å². The molecule has 1 aliphatic heterocycles. The zero-order valence-corrected chi connectivity index (χ0v) is 22.1. The van der Waals surface area contributed by atoms with Gasteiger partial charge in [-0.3, -0.25) is 9.62 Å². The minimum Gasteiger partial charge on any atom is -0.493 e. The van der Waals surface area contributed by atoms with Crippen molar-refractivity contribution >= 4 is 29.3 Å². The van der Waals surface area contributed by atoms with E-state index in [1.165, 1.54) is 11.1 Å². The van der Waals surface area contributed by atoms with E-state index in [1.807, 2.05) is 6.07 Å². The Morgan fingerprint density at radius 2 is 2.09 bits per heavy atom. The van der Waals surface area contributed by atoms with Crippen molar-refractivity contribution in [2.75, 3.05) is 27.3 Å². The number of fused-ring (bicyclic) bond motifs is 1. The molecule has 6 nitrogen and oxygen atoms in total. The summed E-state index contributed by atoms with van der Waals surface area (Å²) in [6.45, 7) is 4.92. The van der Waals surface area contributed by atoms with Crippen molar-refractivity contribution in [2.24, 2.45) is 0 Å². The Morgan fingerprint density at radius 3 is 2.82 bits per heavy atom. The Morgan fingerprint density at radius 1 is 1.24 bits per heavy atom. The minimum atomic E-state index is -0.0725. The number of nitrogens with zero attached hydrogens (tertiary/aromatic N) is 1. The first-order valence-electron chi connectivity index (χ1n) is 12.3. The van der Waals surface area contributed by atoms with Gasteiger partial charge in [0.1, 0.15) is 0 Å². The molecule has 8 heteroatoms. The van der Waals surface area contributed by atoms with Crippen LogP contribution >= 0.6 is 23.3 Å². The minimum absolute atomic E-state index is 0.0725. The molecule has 2 aromatic rings. The van der Waals surface area contributed by atoms with E-state index < -0.39 is 0 Å². The third-order valence-corrected chi connectivity index (χ3v) is 9.18. The molecule has 3 unspecified atom stereocenters. The Bertz CT molecular complexity index is 939. The lowest BCUT2D eigenvalue weighted by Crippen LogP contribution is -2.48. The van der Waals surface area contributed by atoms with Crippen LogP contribution < -0.4 is 19.5 Å². The highest BCUT2D eigenvalue weighted by atomic mass is 32.2. The summed E-state index contributed by atoms with van der Waals surface area (Å²) in [5.41, 5.74) is 2.82. The van der Waals surface area contributed by atoms with Gasteiger partial charge in [-0.25, -0.2) is 4.79 Å². The molecule has 1 aromatic carbocycles. The molecular formula is C26H37N3O3S2. The molecule has 1 aliphatic carbocycles. The first-order chi connectivity index (χ1) is 16.6. The van der Waals surface area contributed by atoms with E-state index in [4.69, 9.17) is 9.47 Å². The second-order valence-corrected chi connectivity index (χ2v) is 11.2. The zero-order valence-electron chi connectivity index (χ0n) is 20.5. The first-order valence-corrected chi connectivity index (χ1v) is 14.1. The molecule has 0 spiro atoms. The van der Waals surface area contributed by atoms with E-state index in [1.54, 1.807) is 37.5 Å². The maximum Gasteiger partial charge on any atom is 0.324 e. The molecule has 186 valence electrons. The molecule has 2 N–H and O–H groups in total. The van der Waals surface area contributed by atoms with Gasteiger partial charge in [0, 0.05) is 29.8 Å². The maximum absolute atomic E-state index is 12.2. The van der Waals surface area contributed by atoms with E-state index >= 15 is 0 Å². The lowest BCUT2D eigenvalue weighted by molar-refractivity contribution is 0.153. The summed E-state index contributed by atoms with van der Waals surface area (Å²) in [5, 5.41) is 7.78. The summed E-state index contributed by atoms with van der Waals surface area (Å²) in [7, 11) is 3.39. The first kappa shape index (κ1) is 25.2. The molecular weight excluding hydrogens is 466 g/mol. The SMILES string of the molecule is CCCCNC(=O)NSC1CCC2(c3ccc(OC)c(OC)c3)CCN(Cc3ccsc3)C2C1. The average Bonchev–Trinajstić information content (AvgIpc) is 3.51.